The quantitative estimate of drug-likeness (QED) is 0.634. The summed E-state index contributed by atoms with van der Waals surface area (Å²) in [6.45, 7) is 0. The molecule has 0 N–H and O–H groups in total. The van der Waals surface area contributed by atoms with Crippen LogP contribution in [0, 0.1) is 0 Å². The Kier molecular flexibility index (Phi) is 2.61. The van der Waals surface area contributed by atoms with Crippen molar-refractivity contribution >= 4 is 20.0 Å². The predicted octanol–water partition coefficient (Wildman–Crippen LogP) is 3.26. The van der Waals surface area contributed by atoms with Gasteiger partial charge in [-0.2, -0.15) is 0 Å². The summed E-state index contributed by atoms with van der Waals surface area (Å²) in [6, 6.07) is 15.2. The Labute approximate surface area is 81.2 Å². The zero-order valence-corrected chi connectivity index (χ0v) is 8.69. The predicted molar refractivity (Wildman–Crippen MR) is 62.2 cm³/mol. The summed E-state index contributed by atoms with van der Waals surface area (Å²) >= 11 is 0. The summed E-state index contributed by atoms with van der Waals surface area (Å²) in [5.41, 5.74) is 1.42. The van der Waals surface area contributed by atoms with Gasteiger partial charge in [0.25, 0.3) is 0 Å². The van der Waals surface area contributed by atoms with Gasteiger partial charge in [0.05, 0.1) is 0 Å². The van der Waals surface area contributed by atoms with E-state index in [0.29, 0.717) is 0 Å². The van der Waals surface area contributed by atoms with Gasteiger partial charge in [0.1, 0.15) is 0 Å². The van der Waals surface area contributed by atoms with E-state index in [4.69, 9.17) is 0 Å². The van der Waals surface area contributed by atoms with Crippen LogP contribution in [0.25, 0.3) is 10.8 Å². The SMILES string of the molecule is PCCc1ccc2ccccc2c1. The van der Waals surface area contributed by atoms with Gasteiger partial charge in [-0.15, -0.1) is 9.24 Å². The van der Waals surface area contributed by atoms with E-state index in [2.05, 4.69) is 51.7 Å². The van der Waals surface area contributed by atoms with E-state index in [-0.39, 0.29) is 0 Å². The Morgan fingerprint density at radius 3 is 2.46 bits per heavy atom. The number of hydrogen-bond acceptors (Lipinski definition) is 0. The van der Waals surface area contributed by atoms with Crippen molar-refractivity contribution < 1.29 is 0 Å². The molecule has 66 valence electrons. The van der Waals surface area contributed by atoms with E-state index in [1.165, 1.54) is 16.3 Å². The molecule has 1 unspecified atom stereocenters. The van der Waals surface area contributed by atoms with E-state index in [1.54, 1.807) is 0 Å². The number of fused-ring (bicyclic) bond motifs is 1. The van der Waals surface area contributed by atoms with Gasteiger partial charge >= 0.3 is 0 Å². The second-order valence-electron chi connectivity index (χ2n) is 3.22. The molecule has 0 saturated carbocycles. The highest BCUT2D eigenvalue weighted by molar-refractivity contribution is 7.16. The molecule has 0 saturated heterocycles. The molecule has 0 fully saturated rings. The van der Waals surface area contributed by atoms with Gasteiger partial charge in [0.2, 0.25) is 0 Å². The van der Waals surface area contributed by atoms with Gasteiger partial charge in [0.15, 0.2) is 0 Å². The Morgan fingerprint density at radius 2 is 1.69 bits per heavy atom. The third kappa shape index (κ3) is 1.89. The maximum Gasteiger partial charge on any atom is -0.0181 e. The van der Waals surface area contributed by atoms with Crippen molar-refractivity contribution in [2.24, 2.45) is 0 Å². The highest BCUT2D eigenvalue weighted by atomic mass is 31.0. The van der Waals surface area contributed by atoms with Crippen molar-refractivity contribution in [1.29, 1.82) is 0 Å². The van der Waals surface area contributed by atoms with Crippen LogP contribution in [0.15, 0.2) is 42.5 Å². The first-order valence-electron chi connectivity index (χ1n) is 4.58. The second kappa shape index (κ2) is 3.89. The van der Waals surface area contributed by atoms with Crippen LogP contribution in [0.2, 0.25) is 0 Å². The van der Waals surface area contributed by atoms with E-state index >= 15 is 0 Å². The molecule has 1 atom stereocenters. The van der Waals surface area contributed by atoms with Gasteiger partial charge < -0.3 is 0 Å². The lowest BCUT2D eigenvalue weighted by Gasteiger charge is -2.01. The fourth-order valence-electron chi connectivity index (χ4n) is 1.56. The van der Waals surface area contributed by atoms with Crippen molar-refractivity contribution in [2.75, 3.05) is 6.16 Å². The summed E-state index contributed by atoms with van der Waals surface area (Å²) in [6.07, 6.45) is 2.29. The van der Waals surface area contributed by atoms with Gasteiger partial charge in [-0.1, -0.05) is 42.5 Å². The maximum atomic E-state index is 2.77. The summed E-state index contributed by atoms with van der Waals surface area (Å²) in [5, 5.41) is 2.67. The first kappa shape index (κ1) is 8.72. The summed E-state index contributed by atoms with van der Waals surface area (Å²) in [5.74, 6) is 0. The molecule has 0 radical (unpaired) electrons. The Morgan fingerprint density at radius 1 is 0.923 bits per heavy atom. The molecule has 0 aliphatic heterocycles. The molecular formula is C12H13P. The molecule has 0 heterocycles. The molecule has 2 aromatic carbocycles. The van der Waals surface area contributed by atoms with Crippen LogP contribution in [0.4, 0.5) is 0 Å². The average molecular weight is 188 g/mol. The number of benzene rings is 2. The van der Waals surface area contributed by atoms with Crippen molar-refractivity contribution in [3.63, 3.8) is 0 Å². The minimum absolute atomic E-state index is 1.14. The maximum absolute atomic E-state index is 2.77. The fraction of sp³-hybridized carbons (Fsp3) is 0.167. The zero-order chi connectivity index (χ0) is 9.10. The smallest absolute Gasteiger partial charge is 0.0181 e. The van der Waals surface area contributed by atoms with Crippen LogP contribution in [0.1, 0.15) is 5.56 Å². The summed E-state index contributed by atoms with van der Waals surface area (Å²) in [4.78, 5) is 0. The molecule has 1 heteroatoms. The normalized spacial score (nSPS) is 10.5. The fourth-order valence-corrected chi connectivity index (χ4v) is 1.89. The number of hydrogen-bond donors (Lipinski definition) is 0. The van der Waals surface area contributed by atoms with E-state index < -0.39 is 0 Å². The van der Waals surface area contributed by atoms with Crippen LogP contribution >= 0.6 is 9.24 Å². The Bertz CT molecular complexity index is 407. The van der Waals surface area contributed by atoms with Gasteiger partial charge in [0, 0.05) is 0 Å². The van der Waals surface area contributed by atoms with Gasteiger partial charge in [-0.3, -0.25) is 0 Å². The number of rotatable bonds is 2. The van der Waals surface area contributed by atoms with Crippen molar-refractivity contribution in [3.8, 4) is 0 Å². The highest BCUT2D eigenvalue weighted by Crippen LogP contribution is 2.16. The molecule has 0 aliphatic carbocycles. The lowest BCUT2D eigenvalue weighted by atomic mass is 10.1. The first-order valence-corrected chi connectivity index (χ1v) is 5.39. The molecule has 0 aromatic heterocycles. The lowest BCUT2D eigenvalue weighted by molar-refractivity contribution is 1.17. The molecule has 0 spiro atoms. The van der Waals surface area contributed by atoms with Crippen LogP contribution < -0.4 is 0 Å². The monoisotopic (exact) mass is 188 g/mol. The van der Waals surface area contributed by atoms with Crippen LogP contribution in [-0.2, 0) is 6.42 Å². The molecule has 0 bridgehead atoms. The standard InChI is InChI=1S/C12H13P/c13-8-7-10-5-6-11-3-1-2-4-12(11)9-10/h1-6,9H,7-8,13H2. The molecule has 0 aliphatic rings. The molecule has 0 nitrogen and oxygen atoms in total. The first-order chi connectivity index (χ1) is 6.40. The van der Waals surface area contributed by atoms with E-state index in [0.717, 1.165) is 12.6 Å². The van der Waals surface area contributed by atoms with Gasteiger partial charge in [-0.05, 0) is 28.9 Å². The van der Waals surface area contributed by atoms with Crippen molar-refractivity contribution in [3.05, 3.63) is 48.0 Å². The van der Waals surface area contributed by atoms with E-state index in [9.17, 15) is 0 Å². The third-order valence-electron chi connectivity index (χ3n) is 2.25. The average Bonchev–Trinajstić information content (AvgIpc) is 2.18. The van der Waals surface area contributed by atoms with Crippen LogP contribution in [0.5, 0.6) is 0 Å². The van der Waals surface area contributed by atoms with Gasteiger partial charge in [-0.25, -0.2) is 0 Å². The molecule has 13 heavy (non-hydrogen) atoms. The van der Waals surface area contributed by atoms with E-state index in [1.807, 2.05) is 0 Å². The largest absolute Gasteiger partial charge is 0.137 e. The topological polar surface area (TPSA) is 0 Å². The minimum atomic E-state index is 1.14. The van der Waals surface area contributed by atoms with Crippen molar-refractivity contribution in [2.45, 2.75) is 6.42 Å². The second-order valence-corrected chi connectivity index (χ2v) is 3.80. The van der Waals surface area contributed by atoms with Crippen molar-refractivity contribution in [1.82, 2.24) is 0 Å². The summed E-state index contributed by atoms with van der Waals surface area (Å²) in [7, 11) is 2.77. The molecular weight excluding hydrogens is 175 g/mol. The third-order valence-corrected chi connectivity index (χ3v) is 2.54. The van der Waals surface area contributed by atoms with Crippen LogP contribution in [0.3, 0.4) is 0 Å². The molecule has 2 rings (SSSR count). The molecule has 2 aromatic rings. The lowest BCUT2D eigenvalue weighted by Crippen LogP contribution is -1.84. The highest BCUT2D eigenvalue weighted by Gasteiger charge is 1.94. The zero-order valence-electron chi connectivity index (χ0n) is 7.53. The molecule has 0 amide bonds. The van der Waals surface area contributed by atoms with Crippen LogP contribution in [-0.4, -0.2) is 6.16 Å². The Hall–Kier alpha value is -0.870. The minimum Gasteiger partial charge on any atom is -0.137 e. The summed E-state index contributed by atoms with van der Waals surface area (Å²) < 4.78 is 0. The Balaban J connectivity index is 2.49. The number of aryl methyl sites for hydroxylation is 1.